The maximum Gasteiger partial charge on any atom is 0.150 e. The van der Waals surface area contributed by atoms with Gasteiger partial charge in [-0.25, -0.2) is 0 Å². The highest BCUT2D eigenvalue weighted by molar-refractivity contribution is 5.85. The average molecular weight is 439 g/mol. The van der Waals surface area contributed by atoms with E-state index in [9.17, 15) is 9.90 Å². The summed E-state index contributed by atoms with van der Waals surface area (Å²) in [5, 5.41) is 13.6. The van der Waals surface area contributed by atoms with E-state index in [-0.39, 0.29) is 23.9 Å². The number of halogens is 1. The Morgan fingerprint density at radius 3 is 2.43 bits per heavy atom. The fourth-order valence-corrected chi connectivity index (χ4v) is 8.96. The Bertz CT molecular complexity index is 639. The first-order valence-corrected chi connectivity index (χ1v) is 12.6. The number of hydrogen-bond donors (Lipinski definition) is 2. The van der Waals surface area contributed by atoms with Crippen molar-refractivity contribution in [3.8, 4) is 0 Å². The van der Waals surface area contributed by atoms with Crippen LogP contribution in [-0.2, 0) is 4.79 Å². The second-order valence-electron chi connectivity index (χ2n) is 11.8. The molecule has 30 heavy (non-hydrogen) atoms. The van der Waals surface area contributed by atoms with Gasteiger partial charge >= 0.3 is 0 Å². The van der Waals surface area contributed by atoms with Crippen LogP contribution in [-0.4, -0.2) is 54.6 Å². The number of nitrogens with zero attached hydrogens (tertiary/aromatic N) is 1. The fourth-order valence-electron chi connectivity index (χ4n) is 8.96. The van der Waals surface area contributed by atoms with Gasteiger partial charge in [0.15, 0.2) is 0 Å². The Kier molecular flexibility index (Phi) is 6.63. The lowest BCUT2D eigenvalue weighted by atomic mass is 9.44. The number of aliphatic hydroxyl groups is 1. The number of carbonyl (C=O) groups is 1. The van der Waals surface area contributed by atoms with Gasteiger partial charge < -0.3 is 10.4 Å². The third-order valence-electron chi connectivity index (χ3n) is 10.6. The molecule has 5 heteroatoms. The molecular formula is C25H43ClN2O2. The summed E-state index contributed by atoms with van der Waals surface area (Å²) < 4.78 is 0. The van der Waals surface area contributed by atoms with Gasteiger partial charge in [0.2, 0.25) is 0 Å². The molecule has 4 nitrogen and oxygen atoms in total. The van der Waals surface area contributed by atoms with Crippen LogP contribution in [0.25, 0.3) is 0 Å². The largest absolute Gasteiger partial charge is 0.393 e. The van der Waals surface area contributed by atoms with Crippen LogP contribution in [0.4, 0.5) is 0 Å². The molecule has 2 unspecified atom stereocenters. The minimum Gasteiger partial charge on any atom is -0.393 e. The SMILES string of the molecule is C[C@]12CC[C@H]3[C@@H](CCC4CC(O)CC[C@@]43C)[C@@H]1CC[C@@H]2C(=O)CN1CCNCC1.Cl. The van der Waals surface area contributed by atoms with Crippen LogP contribution < -0.4 is 5.32 Å². The van der Waals surface area contributed by atoms with E-state index in [1.807, 2.05) is 0 Å². The molecule has 172 valence electrons. The number of aliphatic hydroxyl groups excluding tert-OH is 1. The highest BCUT2D eigenvalue weighted by Crippen LogP contribution is 2.67. The van der Waals surface area contributed by atoms with E-state index in [4.69, 9.17) is 0 Å². The predicted octanol–water partition coefficient (Wildman–Crippen LogP) is 3.90. The number of carbonyl (C=O) groups excluding carboxylic acids is 1. The van der Waals surface area contributed by atoms with Crippen LogP contribution in [0.3, 0.4) is 0 Å². The van der Waals surface area contributed by atoms with Crippen molar-refractivity contribution < 1.29 is 9.90 Å². The number of fused-ring (bicyclic) bond motifs is 5. The summed E-state index contributed by atoms with van der Waals surface area (Å²) in [5.41, 5.74) is 0.677. The van der Waals surface area contributed by atoms with Crippen LogP contribution in [0.1, 0.15) is 71.6 Å². The summed E-state index contributed by atoms with van der Waals surface area (Å²) in [5.74, 6) is 3.96. The maximum absolute atomic E-state index is 13.4. The molecule has 2 N–H and O–H groups in total. The van der Waals surface area contributed by atoms with Gasteiger partial charge in [0.05, 0.1) is 12.6 Å². The Morgan fingerprint density at radius 1 is 0.967 bits per heavy atom. The molecule has 1 saturated heterocycles. The zero-order valence-corrected chi connectivity index (χ0v) is 19.9. The first-order valence-electron chi connectivity index (χ1n) is 12.6. The molecular weight excluding hydrogens is 396 g/mol. The van der Waals surface area contributed by atoms with Gasteiger partial charge in [-0.3, -0.25) is 9.69 Å². The normalized spacial score (nSPS) is 48.8. The van der Waals surface area contributed by atoms with Gasteiger partial charge in [-0.15, -0.1) is 12.4 Å². The lowest BCUT2D eigenvalue weighted by molar-refractivity contribution is -0.140. The molecule has 0 spiro atoms. The lowest BCUT2D eigenvalue weighted by Gasteiger charge is -2.60. The summed E-state index contributed by atoms with van der Waals surface area (Å²) in [4.78, 5) is 15.7. The van der Waals surface area contributed by atoms with Gasteiger partial charge in [-0.1, -0.05) is 13.8 Å². The predicted molar refractivity (Wildman–Crippen MR) is 123 cm³/mol. The van der Waals surface area contributed by atoms with Crippen molar-refractivity contribution in [1.29, 1.82) is 0 Å². The number of rotatable bonds is 3. The molecule has 4 aliphatic carbocycles. The molecule has 0 radical (unpaired) electrons. The van der Waals surface area contributed by atoms with E-state index >= 15 is 0 Å². The molecule has 0 aromatic carbocycles. The topological polar surface area (TPSA) is 52.6 Å². The smallest absolute Gasteiger partial charge is 0.150 e. The van der Waals surface area contributed by atoms with Gasteiger partial charge in [0, 0.05) is 32.1 Å². The fraction of sp³-hybridized carbons (Fsp3) is 0.960. The van der Waals surface area contributed by atoms with Crippen molar-refractivity contribution in [3.05, 3.63) is 0 Å². The highest BCUT2D eigenvalue weighted by Gasteiger charge is 2.61. The van der Waals surface area contributed by atoms with Crippen molar-refractivity contribution in [2.24, 2.45) is 40.4 Å². The molecule has 0 amide bonds. The first-order chi connectivity index (χ1) is 13.9. The van der Waals surface area contributed by atoms with Crippen LogP contribution >= 0.6 is 12.4 Å². The van der Waals surface area contributed by atoms with Gasteiger partial charge in [0.25, 0.3) is 0 Å². The maximum atomic E-state index is 13.4. The van der Waals surface area contributed by atoms with E-state index in [1.165, 1.54) is 38.5 Å². The number of Topliss-reactive ketones (excluding diaryl/α,β-unsaturated/α-hetero) is 1. The monoisotopic (exact) mass is 438 g/mol. The molecule has 5 rings (SSSR count). The summed E-state index contributed by atoms with van der Waals surface area (Å²) >= 11 is 0. The number of ketones is 1. The number of piperazine rings is 1. The minimum absolute atomic E-state index is 0. The van der Waals surface area contributed by atoms with Crippen LogP contribution in [0.5, 0.6) is 0 Å². The van der Waals surface area contributed by atoms with Gasteiger partial charge in [-0.2, -0.15) is 0 Å². The molecule has 4 saturated carbocycles. The molecule has 0 aromatic rings. The van der Waals surface area contributed by atoms with E-state index in [2.05, 4.69) is 24.1 Å². The molecule has 5 aliphatic rings. The Labute approximate surface area is 189 Å². The second-order valence-corrected chi connectivity index (χ2v) is 11.8. The molecule has 1 aliphatic heterocycles. The number of nitrogens with one attached hydrogen (secondary N) is 1. The quantitative estimate of drug-likeness (QED) is 0.701. The zero-order valence-electron chi connectivity index (χ0n) is 19.1. The van der Waals surface area contributed by atoms with Crippen molar-refractivity contribution in [3.63, 3.8) is 0 Å². The van der Waals surface area contributed by atoms with Crippen molar-refractivity contribution in [2.75, 3.05) is 32.7 Å². The lowest BCUT2D eigenvalue weighted by Crippen LogP contribution is -2.54. The van der Waals surface area contributed by atoms with E-state index in [0.29, 0.717) is 23.7 Å². The van der Waals surface area contributed by atoms with Crippen LogP contribution in [0.15, 0.2) is 0 Å². The molecule has 5 fully saturated rings. The average Bonchev–Trinajstić information content (AvgIpc) is 3.06. The van der Waals surface area contributed by atoms with E-state index in [1.54, 1.807) is 0 Å². The zero-order chi connectivity index (χ0) is 20.2. The van der Waals surface area contributed by atoms with Crippen LogP contribution in [0.2, 0.25) is 0 Å². The third kappa shape index (κ3) is 3.68. The third-order valence-corrected chi connectivity index (χ3v) is 10.6. The molecule has 0 aromatic heterocycles. The standard InChI is InChI=1S/C25H42N2O2.ClH/c1-24-9-7-18(28)15-17(24)3-4-19-20-5-6-22(25(20,2)10-8-21(19)24)23(29)16-27-13-11-26-12-14-27;/h17-22,26,28H,3-16H2,1-2H3;1H/t17?,18?,19-,20-,21-,22+,24-,25-;/m0./s1. The highest BCUT2D eigenvalue weighted by atomic mass is 35.5. The second kappa shape index (κ2) is 8.65. The molecule has 0 bridgehead atoms. The molecule has 1 heterocycles. The number of hydrogen-bond acceptors (Lipinski definition) is 4. The Balaban J connectivity index is 0.00000218. The van der Waals surface area contributed by atoms with Gasteiger partial charge in [0.1, 0.15) is 5.78 Å². The Hall–Kier alpha value is -0.160. The van der Waals surface area contributed by atoms with Crippen molar-refractivity contribution >= 4 is 18.2 Å². The molecule has 8 atom stereocenters. The summed E-state index contributed by atoms with van der Waals surface area (Å²) in [7, 11) is 0. The summed E-state index contributed by atoms with van der Waals surface area (Å²) in [6.07, 6.45) is 10.8. The minimum atomic E-state index is -0.0584. The van der Waals surface area contributed by atoms with E-state index in [0.717, 1.165) is 69.1 Å². The van der Waals surface area contributed by atoms with Crippen molar-refractivity contribution in [2.45, 2.75) is 77.7 Å². The van der Waals surface area contributed by atoms with Crippen molar-refractivity contribution in [1.82, 2.24) is 10.2 Å². The summed E-state index contributed by atoms with van der Waals surface area (Å²) in [6.45, 7) is 9.82. The Morgan fingerprint density at radius 2 is 1.67 bits per heavy atom. The first kappa shape index (κ1) is 23.0. The summed E-state index contributed by atoms with van der Waals surface area (Å²) in [6, 6.07) is 0. The van der Waals surface area contributed by atoms with Crippen LogP contribution in [0, 0.1) is 40.4 Å². The van der Waals surface area contributed by atoms with E-state index < -0.39 is 0 Å². The van der Waals surface area contributed by atoms with Gasteiger partial charge in [-0.05, 0) is 92.3 Å².